The molecule has 1 aliphatic carbocycles. The maximum Gasteiger partial charge on any atom is 0.156 e. The van der Waals surface area contributed by atoms with Crippen LogP contribution < -0.4 is 0 Å². The van der Waals surface area contributed by atoms with Crippen molar-refractivity contribution in [2.45, 2.75) is 18.6 Å². The molecule has 0 radical (unpaired) electrons. The van der Waals surface area contributed by atoms with Gasteiger partial charge in [0, 0.05) is 12.2 Å². The number of carbonyl (C=O) groups is 1. The van der Waals surface area contributed by atoms with Crippen LogP contribution in [-0.2, 0) is 10.5 Å². The highest BCUT2D eigenvalue weighted by Crippen LogP contribution is 2.29. The third kappa shape index (κ3) is 2.93. The first-order valence-corrected chi connectivity index (χ1v) is 5.83. The topological polar surface area (TPSA) is 17.1 Å². The molecule has 78 valence electrons. The third-order valence-corrected chi connectivity index (χ3v) is 3.45. The molecule has 0 saturated heterocycles. The molecule has 0 bridgehead atoms. The molecule has 1 aromatic carbocycles. The lowest BCUT2D eigenvalue weighted by atomic mass is 10.2. The van der Waals surface area contributed by atoms with E-state index in [0.717, 1.165) is 22.6 Å². The van der Waals surface area contributed by atoms with Crippen LogP contribution >= 0.6 is 11.8 Å². The second kappa shape index (κ2) is 4.62. The molecular weight excluding hydrogens is 211 g/mol. The molecule has 0 saturated carbocycles. The first-order valence-electron chi connectivity index (χ1n) is 4.85. The molecule has 0 N–H and O–H groups in total. The minimum atomic E-state index is -0.209. The van der Waals surface area contributed by atoms with Gasteiger partial charge < -0.3 is 0 Å². The van der Waals surface area contributed by atoms with E-state index in [0.29, 0.717) is 6.42 Å². The summed E-state index contributed by atoms with van der Waals surface area (Å²) in [4.78, 5) is 12.1. The fourth-order valence-electron chi connectivity index (χ4n) is 1.44. The molecule has 0 amide bonds. The number of rotatable bonds is 3. The second-order valence-electron chi connectivity index (χ2n) is 3.49. The molecule has 0 unspecified atom stereocenters. The minimum absolute atomic E-state index is 0.209. The molecule has 0 aliphatic heterocycles. The number of carbonyl (C=O) groups excluding carboxylic acids is 1. The normalized spacial score (nSPS) is 15.5. The zero-order valence-corrected chi connectivity index (χ0v) is 9.02. The van der Waals surface area contributed by atoms with E-state index in [9.17, 15) is 9.18 Å². The maximum absolute atomic E-state index is 12.6. The Balaban J connectivity index is 1.91. The Kier molecular flexibility index (Phi) is 3.21. The van der Waals surface area contributed by atoms with Crippen LogP contribution in [0.15, 0.2) is 35.2 Å². The van der Waals surface area contributed by atoms with Gasteiger partial charge in [-0.25, -0.2) is 4.39 Å². The van der Waals surface area contributed by atoms with Crippen molar-refractivity contribution in [2.75, 3.05) is 0 Å². The van der Waals surface area contributed by atoms with Gasteiger partial charge in [0.05, 0.1) is 0 Å². The molecule has 1 aromatic rings. The van der Waals surface area contributed by atoms with E-state index in [-0.39, 0.29) is 11.6 Å². The summed E-state index contributed by atoms with van der Waals surface area (Å²) in [5, 5.41) is 0. The summed E-state index contributed by atoms with van der Waals surface area (Å²) in [6, 6.07) is 6.48. The predicted octanol–water partition coefficient (Wildman–Crippen LogP) is 3.31. The van der Waals surface area contributed by atoms with Crippen molar-refractivity contribution < 1.29 is 9.18 Å². The fourth-order valence-corrected chi connectivity index (χ4v) is 2.45. The van der Waals surface area contributed by atoms with E-state index < -0.39 is 0 Å². The molecule has 15 heavy (non-hydrogen) atoms. The summed E-state index contributed by atoms with van der Waals surface area (Å²) < 4.78 is 12.6. The van der Waals surface area contributed by atoms with E-state index in [2.05, 4.69) is 0 Å². The highest BCUT2D eigenvalue weighted by molar-refractivity contribution is 8.02. The number of halogens is 1. The number of allylic oxidation sites excluding steroid dienone is 2. The molecule has 0 spiro atoms. The quantitative estimate of drug-likeness (QED) is 0.780. The summed E-state index contributed by atoms with van der Waals surface area (Å²) in [5.74, 6) is 0.815. The van der Waals surface area contributed by atoms with Crippen LogP contribution in [0.25, 0.3) is 0 Å². The van der Waals surface area contributed by atoms with Gasteiger partial charge in [-0.15, -0.1) is 11.8 Å². The Morgan fingerprint density at radius 3 is 2.53 bits per heavy atom. The van der Waals surface area contributed by atoms with Crippen LogP contribution in [0.3, 0.4) is 0 Å². The molecule has 1 aliphatic rings. The number of hydrogen-bond acceptors (Lipinski definition) is 2. The Morgan fingerprint density at radius 2 is 1.93 bits per heavy atom. The molecule has 3 heteroatoms. The lowest BCUT2D eigenvalue weighted by Gasteiger charge is -2.01. The zero-order chi connectivity index (χ0) is 10.7. The van der Waals surface area contributed by atoms with Crippen molar-refractivity contribution in [2.24, 2.45) is 0 Å². The zero-order valence-electron chi connectivity index (χ0n) is 8.20. The van der Waals surface area contributed by atoms with E-state index in [1.807, 2.05) is 0 Å². The Bertz CT molecular complexity index is 395. The molecule has 2 rings (SSSR count). The van der Waals surface area contributed by atoms with Gasteiger partial charge in [0.15, 0.2) is 5.78 Å². The van der Waals surface area contributed by atoms with Crippen molar-refractivity contribution in [1.82, 2.24) is 0 Å². The lowest BCUT2D eigenvalue weighted by molar-refractivity contribution is -0.114. The Hall–Kier alpha value is -1.09. The summed E-state index contributed by atoms with van der Waals surface area (Å²) in [6.45, 7) is 0. The highest BCUT2D eigenvalue weighted by Gasteiger charge is 2.11. The average Bonchev–Trinajstić information content (AvgIpc) is 2.64. The lowest BCUT2D eigenvalue weighted by Crippen LogP contribution is -1.81. The number of ketones is 1. The fraction of sp³-hybridized carbons (Fsp3) is 0.250. The summed E-state index contributed by atoms with van der Waals surface area (Å²) in [6.07, 6.45) is 3.23. The molecule has 0 heterocycles. The first-order chi connectivity index (χ1) is 7.24. The Labute approximate surface area is 92.4 Å². The van der Waals surface area contributed by atoms with Gasteiger partial charge in [-0.1, -0.05) is 12.1 Å². The van der Waals surface area contributed by atoms with Crippen LogP contribution in [0, 0.1) is 5.82 Å². The summed E-state index contributed by atoms with van der Waals surface area (Å²) in [5.41, 5.74) is 1.08. The first kappa shape index (κ1) is 10.4. The van der Waals surface area contributed by atoms with Gasteiger partial charge in [0.1, 0.15) is 5.82 Å². The van der Waals surface area contributed by atoms with Crippen LogP contribution in [-0.4, -0.2) is 5.78 Å². The SMILES string of the molecule is O=C1C=C(SCc2ccc(F)cc2)CC1. The van der Waals surface area contributed by atoms with Crippen molar-refractivity contribution in [3.05, 3.63) is 46.6 Å². The van der Waals surface area contributed by atoms with Crippen LogP contribution in [0.2, 0.25) is 0 Å². The van der Waals surface area contributed by atoms with Crippen LogP contribution in [0.1, 0.15) is 18.4 Å². The van der Waals surface area contributed by atoms with Crippen LogP contribution in [0.5, 0.6) is 0 Å². The number of thioether (sulfide) groups is 1. The van der Waals surface area contributed by atoms with E-state index in [4.69, 9.17) is 0 Å². The van der Waals surface area contributed by atoms with E-state index in [1.165, 1.54) is 12.1 Å². The molecule has 1 nitrogen and oxygen atoms in total. The molecule has 0 aromatic heterocycles. The standard InChI is InChI=1S/C12H11FOS/c13-10-3-1-9(2-4-10)8-15-12-6-5-11(14)7-12/h1-4,7H,5-6,8H2. The van der Waals surface area contributed by atoms with Gasteiger partial charge in [0.2, 0.25) is 0 Å². The Morgan fingerprint density at radius 1 is 1.20 bits per heavy atom. The summed E-state index contributed by atoms with van der Waals surface area (Å²) >= 11 is 1.66. The van der Waals surface area contributed by atoms with Crippen molar-refractivity contribution >= 4 is 17.5 Å². The average molecular weight is 222 g/mol. The van der Waals surface area contributed by atoms with Gasteiger partial charge in [-0.2, -0.15) is 0 Å². The van der Waals surface area contributed by atoms with Gasteiger partial charge in [0.25, 0.3) is 0 Å². The minimum Gasteiger partial charge on any atom is -0.295 e. The monoisotopic (exact) mass is 222 g/mol. The van der Waals surface area contributed by atoms with Crippen LogP contribution in [0.4, 0.5) is 4.39 Å². The van der Waals surface area contributed by atoms with Gasteiger partial charge in [-0.05, 0) is 35.1 Å². The van der Waals surface area contributed by atoms with Crippen molar-refractivity contribution in [1.29, 1.82) is 0 Å². The van der Waals surface area contributed by atoms with Gasteiger partial charge >= 0.3 is 0 Å². The smallest absolute Gasteiger partial charge is 0.156 e. The van der Waals surface area contributed by atoms with Crippen molar-refractivity contribution in [3.8, 4) is 0 Å². The third-order valence-electron chi connectivity index (χ3n) is 2.28. The van der Waals surface area contributed by atoms with E-state index in [1.54, 1.807) is 30.0 Å². The molecule has 0 fully saturated rings. The molecule has 0 atom stereocenters. The number of benzene rings is 1. The predicted molar refractivity (Wildman–Crippen MR) is 60.0 cm³/mol. The van der Waals surface area contributed by atoms with E-state index >= 15 is 0 Å². The van der Waals surface area contributed by atoms with Crippen molar-refractivity contribution in [3.63, 3.8) is 0 Å². The molecular formula is C12H11FOS. The highest BCUT2D eigenvalue weighted by atomic mass is 32.2. The largest absolute Gasteiger partial charge is 0.295 e. The van der Waals surface area contributed by atoms with Gasteiger partial charge in [-0.3, -0.25) is 4.79 Å². The second-order valence-corrected chi connectivity index (χ2v) is 4.59. The summed E-state index contributed by atoms with van der Waals surface area (Å²) in [7, 11) is 0. The number of hydrogen-bond donors (Lipinski definition) is 0. The maximum atomic E-state index is 12.6.